The quantitative estimate of drug-likeness (QED) is 0.909. The summed E-state index contributed by atoms with van der Waals surface area (Å²) in [6, 6.07) is 5.29. The number of para-hydroxylation sites is 1. The average molecular weight is 262 g/mol. The van der Waals surface area contributed by atoms with E-state index in [1.54, 1.807) is 31.4 Å². The number of rotatable bonds is 4. The van der Waals surface area contributed by atoms with E-state index in [9.17, 15) is 9.90 Å². The Balaban J connectivity index is 2.68. The van der Waals surface area contributed by atoms with Crippen LogP contribution in [0.1, 0.15) is 10.5 Å². The number of benzene rings is 1. The topological polar surface area (TPSA) is 73.6 Å². The molecule has 2 aromatic rings. The highest BCUT2D eigenvalue weighted by molar-refractivity contribution is 5.95. The smallest absolute Gasteiger partial charge is 0.357 e. The molecule has 0 spiro atoms. The molecule has 100 valence electrons. The van der Waals surface area contributed by atoms with E-state index in [-0.39, 0.29) is 5.69 Å². The lowest BCUT2D eigenvalue weighted by atomic mass is 10.0. The first-order valence-electron chi connectivity index (χ1n) is 5.56. The van der Waals surface area contributed by atoms with Gasteiger partial charge in [0.05, 0.1) is 14.2 Å². The van der Waals surface area contributed by atoms with Crippen LogP contribution in [0.5, 0.6) is 11.5 Å². The Hall–Kier alpha value is -2.50. The Morgan fingerprint density at radius 2 is 2.00 bits per heavy atom. The van der Waals surface area contributed by atoms with E-state index < -0.39 is 5.97 Å². The van der Waals surface area contributed by atoms with Crippen molar-refractivity contribution in [2.45, 2.75) is 0 Å². The minimum Gasteiger partial charge on any atom is -0.493 e. The van der Waals surface area contributed by atoms with E-state index in [2.05, 4.69) is 5.10 Å². The van der Waals surface area contributed by atoms with Gasteiger partial charge in [-0.3, -0.25) is 4.68 Å². The van der Waals surface area contributed by atoms with Crippen LogP contribution in [0.4, 0.5) is 0 Å². The van der Waals surface area contributed by atoms with Crippen molar-refractivity contribution in [1.29, 1.82) is 0 Å². The number of methoxy groups -OCH3 is 2. The highest BCUT2D eigenvalue weighted by Gasteiger charge is 2.20. The summed E-state index contributed by atoms with van der Waals surface area (Å²) in [4.78, 5) is 11.2. The van der Waals surface area contributed by atoms with Gasteiger partial charge < -0.3 is 14.6 Å². The second kappa shape index (κ2) is 5.01. The number of aryl methyl sites for hydroxylation is 1. The van der Waals surface area contributed by atoms with Crippen molar-refractivity contribution in [2.24, 2.45) is 7.05 Å². The minimum absolute atomic E-state index is 0.0194. The van der Waals surface area contributed by atoms with Crippen LogP contribution in [0, 0.1) is 0 Å². The Bertz CT molecular complexity index is 619. The molecule has 0 aliphatic carbocycles. The zero-order chi connectivity index (χ0) is 14.0. The number of ether oxygens (including phenoxy) is 2. The van der Waals surface area contributed by atoms with Crippen LogP contribution in [0.2, 0.25) is 0 Å². The number of hydrogen-bond acceptors (Lipinski definition) is 4. The molecule has 0 aliphatic heterocycles. The van der Waals surface area contributed by atoms with Crippen LogP contribution >= 0.6 is 0 Å². The Kier molecular flexibility index (Phi) is 3.41. The third-order valence-electron chi connectivity index (χ3n) is 2.72. The van der Waals surface area contributed by atoms with Crippen LogP contribution in [-0.4, -0.2) is 35.1 Å². The van der Waals surface area contributed by atoms with Gasteiger partial charge in [-0.15, -0.1) is 0 Å². The van der Waals surface area contributed by atoms with Crippen molar-refractivity contribution in [3.8, 4) is 22.6 Å². The molecule has 0 fully saturated rings. The van der Waals surface area contributed by atoms with Crippen molar-refractivity contribution in [1.82, 2.24) is 9.78 Å². The standard InChI is InChI=1S/C13H14N2O4/c1-15-7-9(11(14-15)13(16)17)8-5-4-6-10(18-2)12(8)19-3/h4-7H,1-3H3,(H,16,17). The maximum atomic E-state index is 11.2. The third-order valence-corrected chi connectivity index (χ3v) is 2.72. The lowest BCUT2D eigenvalue weighted by Gasteiger charge is -2.11. The summed E-state index contributed by atoms with van der Waals surface area (Å²) in [7, 11) is 4.71. The molecule has 1 aromatic heterocycles. The number of aromatic nitrogens is 2. The number of nitrogens with zero attached hydrogens (tertiary/aromatic N) is 2. The van der Waals surface area contributed by atoms with Crippen molar-refractivity contribution >= 4 is 5.97 Å². The maximum Gasteiger partial charge on any atom is 0.357 e. The van der Waals surface area contributed by atoms with Gasteiger partial charge in [0.2, 0.25) is 0 Å². The summed E-state index contributed by atoms with van der Waals surface area (Å²) in [6.07, 6.45) is 1.64. The van der Waals surface area contributed by atoms with Gasteiger partial charge in [0.15, 0.2) is 17.2 Å². The van der Waals surface area contributed by atoms with Crippen LogP contribution in [0.15, 0.2) is 24.4 Å². The highest BCUT2D eigenvalue weighted by atomic mass is 16.5. The Morgan fingerprint density at radius 1 is 1.26 bits per heavy atom. The molecule has 2 rings (SSSR count). The number of aromatic carboxylic acids is 1. The first-order valence-corrected chi connectivity index (χ1v) is 5.56. The monoisotopic (exact) mass is 262 g/mol. The molecule has 1 heterocycles. The SMILES string of the molecule is COc1cccc(-c2cn(C)nc2C(=O)O)c1OC. The number of carbonyl (C=O) groups is 1. The number of carboxylic acids is 1. The number of carboxylic acid groups (broad SMARTS) is 1. The molecular weight excluding hydrogens is 248 g/mol. The summed E-state index contributed by atoms with van der Waals surface area (Å²) in [6.45, 7) is 0. The molecule has 0 atom stereocenters. The van der Waals surface area contributed by atoms with Gasteiger partial charge in [-0.25, -0.2) is 4.79 Å². The molecule has 0 saturated carbocycles. The molecule has 0 aliphatic rings. The number of hydrogen-bond donors (Lipinski definition) is 1. The molecule has 0 bridgehead atoms. The molecule has 0 radical (unpaired) electrons. The normalized spacial score (nSPS) is 10.3. The summed E-state index contributed by atoms with van der Waals surface area (Å²) in [5.74, 6) is -0.0545. The van der Waals surface area contributed by atoms with Gasteiger partial charge in [0.1, 0.15) is 0 Å². The summed E-state index contributed by atoms with van der Waals surface area (Å²) >= 11 is 0. The van der Waals surface area contributed by atoms with Crippen molar-refractivity contribution in [2.75, 3.05) is 14.2 Å². The van der Waals surface area contributed by atoms with E-state index in [0.29, 0.717) is 22.6 Å². The Labute approximate surface area is 110 Å². The van der Waals surface area contributed by atoms with Crippen molar-refractivity contribution in [3.05, 3.63) is 30.1 Å². The van der Waals surface area contributed by atoms with Gasteiger partial charge in [-0.05, 0) is 6.07 Å². The molecule has 1 N–H and O–H groups in total. The van der Waals surface area contributed by atoms with E-state index in [1.807, 2.05) is 0 Å². The van der Waals surface area contributed by atoms with Crippen molar-refractivity contribution < 1.29 is 19.4 Å². The predicted octanol–water partition coefficient (Wildman–Crippen LogP) is 1.80. The van der Waals surface area contributed by atoms with Gasteiger partial charge in [0, 0.05) is 24.4 Å². The van der Waals surface area contributed by atoms with Gasteiger partial charge in [-0.2, -0.15) is 5.10 Å². The predicted molar refractivity (Wildman–Crippen MR) is 68.7 cm³/mol. The van der Waals surface area contributed by atoms with E-state index in [0.717, 1.165) is 0 Å². The molecule has 19 heavy (non-hydrogen) atoms. The first-order chi connectivity index (χ1) is 9.08. The molecule has 0 amide bonds. The zero-order valence-electron chi connectivity index (χ0n) is 10.9. The second-order valence-corrected chi connectivity index (χ2v) is 3.91. The second-order valence-electron chi connectivity index (χ2n) is 3.91. The summed E-state index contributed by atoms with van der Waals surface area (Å²) < 4.78 is 12.0. The van der Waals surface area contributed by atoms with Gasteiger partial charge in [-0.1, -0.05) is 12.1 Å². The largest absolute Gasteiger partial charge is 0.493 e. The van der Waals surface area contributed by atoms with Gasteiger partial charge in [0.25, 0.3) is 0 Å². The van der Waals surface area contributed by atoms with Crippen molar-refractivity contribution in [3.63, 3.8) is 0 Å². The van der Waals surface area contributed by atoms with E-state index in [4.69, 9.17) is 9.47 Å². The highest BCUT2D eigenvalue weighted by Crippen LogP contribution is 2.38. The van der Waals surface area contributed by atoms with Crippen LogP contribution in [0.3, 0.4) is 0 Å². The van der Waals surface area contributed by atoms with E-state index >= 15 is 0 Å². The summed E-state index contributed by atoms with van der Waals surface area (Å²) in [5, 5.41) is 13.1. The molecule has 0 unspecified atom stereocenters. The maximum absolute atomic E-state index is 11.2. The fraction of sp³-hybridized carbons (Fsp3) is 0.231. The third kappa shape index (κ3) is 2.24. The van der Waals surface area contributed by atoms with Crippen LogP contribution in [-0.2, 0) is 7.05 Å². The average Bonchev–Trinajstić information content (AvgIpc) is 2.79. The van der Waals surface area contributed by atoms with E-state index in [1.165, 1.54) is 18.9 Å². The molecule has 1 aromatic carbocycles. The fourth-order valence-electron chi connectivity index (χ4n) is 1.94. The molecule has 6 heteroatoms. The minimum atomic E-state index is -1.08. The lowest BCUT2D eigenvalue weighted by Crippen LogP contribution is -2.01. The molecule has 0 saturated heterocycles. The Morgan fingerprint density at radius 3 is 2.58 bits per heavy atom. The lowest BCUT2D eigenvalue weighted by molar-refractivity contribution is 0.0690. The first kappa shape index (κ1) is 12.9. The molecular formula is C13H14N2O4. The van der Waals surface area contributed by atoms with Crippen LogP contribution < -0.4 is 9.47 Å². The van der Waals surface area contributed by atoms with Crippen LogP contribution in [0.25, 0.3) is 11.1 Å². The fourth-order valence-corrected chi connectivity index (χ4v) is 1.94. The summed E-state index contributed by atoms with van der Waals surface area (Å²) in [5.41, 5.74) is 1.10. The van der Waals surface area contributed by atoms with Gasteiger partial charge >= 0.3 is 5.97 Å². The molecule has 6 nitrogen and oxygen atoms in total. The zero-order valence-corrected chi connectivity index (χ0v) is 10.9.